The second-order valence-electron chi connectivity index (χ2n) is 7.23. The van der Waals surface area contributed by atoms with Gasteiger partial charge in [-0.1, -0.05) is 43.0 Å². The lowest BCUT2D eigenvalue weighted by molar-refractivity contribution is 0.668. The maximum atomic E-state index is 4.88. The largest absolute Gasteiger partial charge is 0.339 e. The van der Waals surface area contributed by atoms with Crippen LogP contribution in [0.5, 0.6) is 0 Å². The number of benzene rings is 1. The molecule has 0 amide bonds. The number of allylic oxidation sites excluding steroid dienone is 5. The van der Waals surface area contributed by atoms with Crippen LogP contribution in [-0.2, 0) is 13.1 Å². The van der Waals surface area contributed by atoms with E-state index in [1.54, 1.807) is 16.8 Å². The van der Waals surface area contributed by atoms with Gasteiger partial charge in [0, 0.05) is 30.1 Å². The minimum absolute atomic E-state index is 0.580. The summed E-state index contributed by atoms with van der Waals surface area (Å²) in [5.41, 5.74) is 8.40. The zero-order chi connectivity index (χ0) is 22.3. The summed E-state index contributed by atoms with van der Waals surface area (Å²) in [6, 6.07) is 10.3. The Hall–Kier alpha value is -4.06. The normalized spacial score (nSPS) is 13.6. The Bertz CT molecular complexity index is 1260. The summed E-state index contributed by atoms with van der Waals surface area (Å²) in [6.45, 7) is 9.21. The highest BCUT2D eigenvalue weighted by Crippen LogP contribution is 2.23. The van der Waals surface area contributed by atoms with Crippen molar-refractivity contribution in [3.05, 3.63) is 101 Å². The number of rotatable bonds is 8. The Morgan fingerprint density at radius 2 is 2.09 bits per heavy atom. The first-order valence-corrected chi connectivity index (χ1v) is 10.4. The van der Waals surface area contributed by atoms with Gasteiger partial charge in [0.05, 0.1) is 18.0 Å². The number of imidazole rings is 1. The van der Waals surface area contributed by atoms with Crippen molar-refractivity contribution in [1.82, 2.24) is 30.0 Å². The highest BCUT2D eigenvalue weighted by molar-refractivity contribution is 6.11. The quantitative estimate of drug-likeness (QED) is 0.416. The van der Waals surface area contributed by atoms with Gasteiger partial charge in [0.1, 0.15) is 17.8 Å². The molecule has 2 aromatic heterocycles. The molecule has 1 aromatic carbocycles. The third-order valence-corrected chi connectivity index (χ3v) is 4.97. The van der Waals surface area contributed by atoms with E-state index in [9.17, 15) is 0 Å². The molecule has 7 heteroatoms. The average Bonchev–Trinajstić information content (AvgIpc) is 3.39. The molecule has 3 aromatic rings. The summed E-state index contributed by atoms with van der Waals surface area (Å²) in [6.07, 6.45) is 10.8. The lowest BCUT2D eigenvalue weighted by Gasteiger charge is -2.04. The molecule has 0 bridgehead atoms. The molecule has 1 aliphatic rings. The number of aromatic amines is 1. The van der Waals surface area contributed by atoms with Crippen LogP contribution in [0, 0.1) is 0 Å². The van der Waals surface area contributed by atoms with Gasteiger partial charge in [-0.2, -0.15) is 5.10 Å². The SMILES string of the molecule is C=CC(=N/C(C)=C\C)c1[nH]c(CNCc2ccccc2)nc1C1=Cn2ncnc2C=C=C1. The second-order valence-corrected chi connectivity index (χ2v) is 7.23. The monoisotopic (exact) mass is 423 g/mol. The van der Waals surface area contributed by atoms with Crippen molar-refractivity contribution in [2.75, 3.05) is 0 Å². The van der Waals surface area contributed by atoms with Gasteiger partial charge in [-0.3, -0.25) is 4.99 Å². The predicted octanol–water partition coefficient (Wildman–Crippen LogP) is 4.37. The van der Waals surface area contributed by atoms with Crippen LogP contribution in [0.1, 0.15) is 42.4 Å². The van der Waals surface area contributed by atoms with Crippen molar-refractivity contribution in [3.63, 3.8) is 0 Å². The van der Waals surface area contributed by atoms with Crippen molar-refractivity contribution < 1.29 is 0 Å². The fourth-order valence-corrected chi connectivity index (χ4v) is 3.25. The van der Waals surface area contributed by atoms with Crippen LogP contribution in [-0.4, -0.2) is 30.4 Å². The molecule has 0 atom stereocenters. The van der Waals surface area contributed by atoms with Crippen LogP contribution in [0.2, 0.25) is 0 Å². The number of aromatic nitrogens is 5. The number of fused-ring (bicyclic) bond motifs is 1. The Morgan fingerprint density at radius 3 is 2.88 bits per heavy atom. The van der Waals surface area contributed by atoms with Gasteiger partial charge in [0.25, 0.3) is 0 Å². The van der Waals surface area contributed by atoms with E-state index < -0.39 is 0 Å². The van der Waals surface area contributed by atoms with E-state index in [4.69, 9.17) is 9.98 Å². The number of hydrogen-bond acceptors (Lipinski definition) is 5. The highest BCUT2D eigenvalue weighted by atomic mass is 15.3. The van der Waals surface area contributed by atoms with Gasteiger partial charge >= 0.3 is 0 Å². The van der Waals surface area contributed by atoms with E-state index in [-0.39, 0.29) is 0 Å². The predicted molar refractivity (Wildman–Crippen MR) is 128 cm³/mol. The number of nitrogens with zero attached hydrogens (tertiary/aromatic N) is 5. The maximum absolute atomic E-state index is 4.88. The van der Waals surface area contributed by atoms with Gasteiger partial charge < -0.3 is 10.3 Å². The van der Waals surface area contributed by atoms with Crippen molar-refractivity contribution in [2.24, 2.45) is 4.99 Å². The Labute approximate surface area is 187 Å². The summed E-state index contributed by atoms with van der Waals surface area (Å²) in [5, 5.41) is 7.71. The van der Waals surface area contributed by atoms with E-state index in [0.717, 1.165) is 40.7 Å². The van der Waals surface area contributed by atoms with E-state index in [1.165, 1.54) is 11.9 Å². The molecule has 2 N–H and O–H groups in total. The number of aliphatic imine (C=N–C) groups is 1. The fraction of sp³-hybridized carbons (Fsp3) is 0.160. The first kappa shape index (κ1) is 21.2. The Balaban J connectivity index is 1.70. The van der Waals surface area contributed by atoms with Crippen LogP contribution in [0.15, 0.2) is 77.9 Å². The van der Waals surface area contributed by atoms with E-state index in [1.807, 2.05) is 50.4 Å². The minimum Gasteiger partial charge on any atom is -0.339 e. The number of hydrogen-bond donors (Lipinski definition) is 2. The lowest BCUT2D eigenvalue weighted by Crippen LogP contribution is -2.13. The van der Waals surface area contributed by atoms with Crippen molar-refractivity contribution in [1.29, 1.82) is 0 Å². The third kappa shape index (κ3) is 4.81. The van der Waals surface area contributed by atoms with E-state index >= 15 is 0 Å². The summed E-state index contributed by atoms with van der Waals surface area (Å²) < 4.78 is 1.71. The highest BCUT2D eigenvalue weighted by Gasteiger charge is 2.18. The number of nitrogens with one attached hydrogen (secondary N) is 2. The molecular weight excluding hydrogens is 398 g/mol. The topological polar surface area (TPSA) is 83.8 Å². The fourth-order valence-electron chi connectivity index (χ4n) is 3.25. The van der Waals surface area contributed by atoms with Gasteiger partial charge in [0.15, 0.2) is 5.82 Å². The van der Waals surface area contributed by atoms with Gasteiger partial charge in [-0.15, -0.1) is 5.73 Å². The van der Waals surface area contributed by atoms with Crippen LogP contribution in [0.3, 0.4) is 0 Å². The van der Waals surface area contributed by atoms with Crippen LogP contribution >= 0.6 is 0 Å². The molecule has 1 aliphatic heterocycles. The summed E-state index contributed by atoms with van der Waals surface area (Å²) in [5.74, 6) is 1.51. The summed E-state index contributed by atoms with van der Waals surface area (Å²) >= 11 is 0. The third-order valence-electron chi connectivity index (χ3n) is 4.97. The van der Waals surface area contributed by atoms with Gasteiger partial charge in [-0.25, -0.2) is 14.6 Å². The lowest BCUT2D eigenvalue weighted by atomic mass is 10.1. The minimum atomic E-state index is 0.580. The van der Waals surface area contributed by atoms with Gasteiger partial charge in [0.2, 0.25) is 0 Å². The van der Waals surface area contributed by atoms with Crippen molar-refractivity contribution in [2.45, 2.75) is 26.9 Å². The van der Waals surface area contributed by atoms with Crippen molar-refractivity contribution >= 4 is 23.6 Å². The molecule has 0 aliphatic carbocycles. The Kier molecular flexibility index (Phi) is 6.51. The second kappa shape index (κ2) is 9.83. The molecular formula is C25H25N7. The van der Waals surface area contributed by atoms with Crippen LogP contribution < -0.4 is 5.32 Å². The molecule has 32 heavy (non-hydrogen) atoms. The van der Waals surface area contributed by atoms with E-state index in [2.05, 4.69) is 44.8 Å². The van der Waals surface area contributed by atoms with Crippen LogP contribution in [0.4, 0.5) is 0 Å². The average molecular weight is 424 g/mol. The molecule has 3 heterocycles. The molecule has 0 saturated carbocycles. The maximum Gasteiger partial charge on any atom is 0.162 e. The van der Waals surface area contributed by atoms with Crippen molar-refractivity contribution in [3.8, 4) is 0 Å². The van der Waals surface area contributed by atoms with Crippen LogP contribution in [0.25, 0.3) is 17.8 Å². The zero-order valence-corrected chi connectivity index (χ0v) is 18.2. The summed E-state index contributed by atoms with van der Waals surface area (Å²) in [4.78, 5) is 17.3. The first-order chi connectivity index (χ1) is 15.7. The first-order valence-electron chi connectivity index (χ1n) is 10.4. The standard InChI is InChI=1S/C25H25N7/c1-4-18(3)29-21(5-2)25-24(20-12-9-13-23-27-17-28-32(23)16-20)30-22(31-25)15-26-14-19-10-7-6-8-11-19/h4-8,10-13,16-17,26H,2,14-15H2,1,3H3,(H,30,31)/b18-4-,29-21?. The zero-order valence-electron chi connectivity index (χ0n) is 18.2. The molecule has 0 unspecified atom stereocenters. The smallest absolute Gasteiger partial charge is 0.162 e. The molecule has 0 radical (unpaired) electrons. The molecule has 0 spiro atoms. The summed E-state index contributed by atoms with van der Waals surface area (Å²) in [7, 11) is 0. The number of H-pyrrole nitrogens is 1. The van der Waals surface area contributed by atoms with E-state index in [0.29, 0.717) is 12.4 Å². The molecule has 0 fully saturated rings. The molecule has 0 saturated heterocycles. The molecule has 160 valence electrons. The Morgan fingerprint density at radius 1 is 1.25 bits per heavy atom. The molecule has 7 nitrogen and oxygen atoms in total. The molecule has 4 rings (SSSR count). The van der Waals surface area contributed by atoms with Gasteiger partial charge in [-0.05, 0) is 31.6 Å².